The number of hydrogen-bond acceptors (Lipinski definition) is 3. The predicted molar refractivity (Wildman–Crippen MR) is 60.9 cm³/mol. The Morgan fingerprint density at radius 2 is 2.11 bits per heavy atom. The maximum Gasteiger partial charge on any atom is 0.417 e. The first kappa shape index (κ1) is 14.3. The van der Waals surface area contributed by atoms with Crippen LogP contribution >= 0.6 is 0 Å². The normalized spacial score (nSPS) is 12.9. The first-order valence-corrected chi connectivity index (χ1v) is 5.38. The van der Waals surface area contributed by atoms with Gasteiger partial charge in [-0.3, -0.25) is 0 Å². The number of nitriles is 1. The number of anilines is 1. The summed E-state index contributed by atoms with van der Waals surface area (Å²) in [6.07, 6.45) is -4.63. The molecule has 0 saturated carbocycles. The van der Waals surface area contributed by atoms with E-state index in [1.807, 2.05) is 0 Å². The molecular weight excluding hydrogens is 245 g/mol. The van der Waals surface area contributed by atoms with Gasteiger partial charge in [-0.25, -0.2) is 0 Å². The van der Waals surface area contributed by atoms with Crippen molar-refractivity contribution in [2.45, 2.75) is 25.6 Å². The molecule has 1 aromatic rings. The monoisotopic (exact) mass is 258 g/mol. The van der Waals surface area contributed by atoms with Crippen molar-refractivity contribution >= 4 is 5.69 Å². The van der Waals surface area contributed by atoms with Crippen LogP contribution in [0.15, 0.2) is 18.2 Å². The standard InChI is InChI=1S/C12H13F3N2O/c1-8(18)4-5-17-10-3-2-9(7-16)11(6-10)12(13,14)15/h2-3,6,8,17-18H,4-5H2,1H3/t8-/m1/s1. The van der Waals surface area contributed by atoms with E-state index in [4.69, 9.17) is 10.4 Å². The quantitative estimate of drug-likeness (QED) is 0.873. The van der Waals surface area contributed by atoms with Gasteiger partial charge in [-0.05, 0) is 31.5 Å². The van der Waals surface area contributed by atoms with Crippen LogP contribution in [0.25, 0.3) is 0 Å². The van der Waals surface area contributed by atoms with Crippen LogP contribution < -0.4 is 5.32 Å². The summed E-state index contributed by atoms with van der Waals surface area (Å²) in [6.45, 7) is 1.96. The van der Waals surface area contributed by atoms with Crippen LogP contribution in [0, 0.1) is 11.3 Å². The molecule has 18 heavy (non-hydrogen) atoms. The van der Waals surface area contributed by atoms with Crippen molar-refractivity contribution < 1.29 is 18.3 Å². The van der Waals surface area contributed by atoms with Crippen LogP contribution in [0.4, 0.5) is 18.9 Å². The molecule has 0 spiro atoms. The molecule has 0 bridgehead atoms. The molecule has 0 saturated heterocycles. The number of aliphatic hydroxyl groups is 1. The molecule has 98 valence electrons. The Morgan fingerprint density at radius 1 is 1.44 bits per heavy atom. The molecule has 0 radical (unpaired) electrons. The van der Waals surface area contributed by atoms with Crippen molar-refractivity contribution in [3.63, 3.8) is 0 Å². The fourth-order valence-electron chi connectivity index (χ4n) is 1.41. The zero-order chi connectivity index (χ0) is 13.8. The van der Waals surface area contributed by atoms with Gasteiger partial charge in [0.25, 0.3) is 0 Å². The molecule has 6 heteroatoms. The first-order chi connectivity index (χ1) is 8.34. The Bertz CT molecular complexity index is 450. The summed E-state index contributed by atoms with van der Waals surface area (Å²) in [5.41, 5.74) is -1.07. The molecule has 0 unspecified atom stereocenters. The van der Waals surface area contributed by atoms with E-state index in [1.165, 1.54) is 12.1 Å². The summed E-state index contributed by atoms with van der Waals surface area (Å²) in [5, 5.41) is 20.4. The summed E-state index contributed by atoms with van der Waals surface area (Å²) >= 11 is 0. The maximum absolute atomic E-state index is 12.6. The minimum Gasteiger partial charge on any atom is -0.393 e. The summed E-state index contributed by atoms with van der Waals surface area (Å²) in [5.74, 6) is 0. The van der Waals surface area contributed by atoms with Crippen molar-refractivity contribution in [1.29, 1.82) is 5.26 Å². The second-order valence-electron chi connectivity index (χ2n) is 3.93. The van der Waals surface area contributed by atoms with Crippen molar-refractivity contribution in [2.75, 3.05) is 11.9 Å². The molecule has 2 N–H and O–H groups in total. The lowest BCUT2D eigenvalue weighted by atomic mass is 10.1. The molecule has 0 aliphatic heterocycles. The Hall–Kier alpha value is -1.74. The largest absolute Gasteiger partial charge is 0.417 e. The third kappa shape index (κ3) is 3.93. The summed E-state index contributed by atoms with van der Waals surface area (Å²) in [7, 11) is 0. The van der Waals surface area contributed by atoms with Gasteiger partial charge in [0, 0.05) is 12.2 Å². The number of nitrogens with one attached hydrogen (secondary N) is 1. The second kappa shape index (κ2) is 5.74. The Kier molecular flexibility index (Phi) is 4.56. The van der Waals surface area contributed by atoms with E-state index in [2.05, 4.69) is 5.32 Å². The number of halogens is 3. The zero-order valence-corrected chi connectivity index (χ0v) is 9.75. The molecule has 0 heterocycles. The zero-order valence-electron chi connectivity index (χ0n) is 9.75. The highest BCUT2D eigenvalue weighted by atomic mass is 19.4. The lowest BCUT2D eigenvalue weighted by Crippen LogP contribution is -2.12. The third-order valence-corrected chi connectivity index (χ3v) is 2.34. The number of hydrogen-bond donors (Lipinski definition) is 2. The molecule has 3 nitrogen and oxygen atoms in total. The number of nitrogens with zero attached hydrogens (tertiary/aromatic N) is 1. The molecular formula is C12H13F3N2O. The number of benzene rings is 1. The molecule has 1 atom stereocenters. The average Bonchev–Trinajstić information content (AvgIpc) is 2.27. The van der Waals surface area contributed by atoms with E-state index in [9.17, 15) is 13.2 Å². The lowest BCUT2D eigenvalue weighted by Gasteiger charge is -2.12. The molecule has 0 amide bonds. The van der Waals surface area contributed by atoms with E-state index >= 15 is 0 Å². The average molecular weight is 258 g/mol. The van der Waals surface area contributed by atoms with Crippen LogP contribution in [0.2, 0.25) is 0 Å². The number of alkyl halides is 3. The third-order valence-electron chi connectivity index (χ3n) is 2.34. The lowest BCUT2D eigenvalue weighted by molar-refractivity contribution is -0.137. The van der Waals surface area contributed by atoms with Crippen molar-refractivity contribution in [2.24, 2.45) is 0 Å². The van der Waals surface area contributed by atoms with Crippen LogP contribution in [-0.2, 0) is 6.18 Å². The minimum atomic E-state index is -4.55. The van der Waals surface area contributed by atoms with Crippen LogP contribution in [0.1, 0.15) is 24.5 Å². The van der Waals surface area contributed by atoms with E-state index < -0.39 is 23.4 Å². The maximum atomic E-state index is 12.6. The fourth-order valence-corrected chi connectivity index (χ4v) is 1.41. The van der Waals surface area contributed by atoms with E-state index in [0.717, 1.165) is 12.1 Å². The summed E-state index contributed by atoms with van der Waals surface area (Å²) in [6, 6.07) is 4.96. The van der Waals surface area contributed by atoms with Gasteiger partial charge < -0.3 is 10.4 Å². The van der Waals surface area contributed by atoms with Crippen LogP contribution in [0.5, 0.6) is 0 Å². The Morgan fingerprint density at radius 3 is 2.61 bits per heavy atom. The van der Waals surface area contributed by atoms with Gasteiger partial charge in [-0.1, -0.05) is 0 Å². The summed E-state index contributed by atoms with van der Waals surface area (Å²) < 4.78 is 37.9. The smallest absolute Gasteiger partial charge is 0.393 e. The van der Waals surface area contributed by atoms with Gasteiger partial charge in [0.05, 0.1) is 23.3 Å². The van der Waals surface area contributed by atoms with Crippen molar-refractivity contribution in [3.8, 4) is 6.07 Å². The number of rotatable bonds is 4. The molecule has 0 aliphatic rings. The molecule has 1 aromatic carbocycles. The van der Waals surface area contributed by atoms with Crippen LogP contribution in [-0.4, -0.2) is 17.8 Å². The van der Waals surface area contributed by atoms with Gasteiger partial charge in [-0.15, -0.1) is 0 Å². The highest BCUT2D eigenvalue weighted by Crippen LogP contribution is 2.33. The van der Waals surface area contributed by atoms with Crippen molar-refractivity contribution in [1.82, 2.24) is 0 Å². The highest BCUT2D eigenvalue weighted by molar-refractivity contribution is 5.53. The second-order valence-corrected chi connectivity index (χ2v) is 3.93. The molecule has 0 fully saturated rings. The number of aliphatic hydroxyl groups excluding tert-OH is 1. The Balaban J connectivity index is 2.88. The first-order valence-electron chi connectivity index (χ1n) is 5.38. The molecule has 0 aliphatic carbocycles. The SMILES string of the molecule is C[C@@H](O)CCNc1ccc(C#N)c(C(F)(F)F)c1. The molecule has 1 rings (SSSR count). The van der Waals surface area contributed by atoms with E-state index in [-0.39, 0.29) is 5.69 Å². The van der Waals surface area contributed by atoms with Crippen molar-refractivity contribution in [3.05, 3.63) is 29.3 Å². The van der Waals surface area contributed by atoms with Crippen LogP contribution in [0.3, 0.4) is 0 Å². The van der Waals surface area contributed by atoms with Gasteiger partial charge in [0.2, 0.25) is 0 Å². The van der Waals surface area contributed by atoms with Gasteiger partial charge in [0.1, 0.15) is 0 Å². The summed E-state index contributed by atoms with van der Waals surface area (Å²) in [4.78, 5) is 0. The molecule has 0 aromatic heterocycles. The van der Waals surface area contributed by atoms with E-state index in [0.29, 0.717) is 13.0 Å². The van der Waals surface area contributed by atoms with E-state index in [1.54, 1.807) is 6.92 Å². The van der Waals surface area contributed by atoms with Gasteiger partial charge >= 0.3 is 6.18 Å². The predicted octanol–water partition coefficient (Wildman–Crippen LogP) is 2.76. The van der Waals surface area contributed by atoms with Gasteiger partial charge in [0.15, 0.2) is 0 Å². The highest BCUT2D eigenvalue weighted by Gasteiger charge is 2.33. The topological polar surface area (TPSA) is 56.0 Å². The Labute approximate surface area is 103 Å². The fraction of sp³-hybridized carbons (Fsp3) is 0.417. The minimum absolute atomic E-state index is 0.280. The van der Waals surface area contributed by atoms with Gasteiger partial charge in [-0.2, -0.15) is 18.4 Å².